The fourth-order valence-electron chi connectivity index (χ4n) is 3.94. The minimum atomic E-state index is -1.30. The van der Waals surface area contributed by atoms with Crippen molar-refractivity contribution in [3.63, 3.8) is 0 Å². The average molecular weight is 460 g/mol. The van der Waals surface area contributed by atoms with E-state index in [-0.39, 0.29) is 30.3 Å². The number of fused-ring (bicyclic) bond motifs is 3. The van der Waals surface area contributed by atoms with Crippen LogP contribution in [0.5, 0.6) is 0 Å². The second-order valence-corrected chi connectivity index (χ2v) is 7.59. The van der Waals surface area contributed by atoms with Gasteiger partial charge in [-0.25, -0.2) is 14.0 Å². The second-order valence-electron chi connectivity index (χ2n) is 7.59. The van der Waals surface area contributed by atoms with Gasteiger partial charge in [-0.2, -0.15) is 0 Å². The van der Waals surface area contributed by atoms with Gasteiger partial charge in [-0.15, -0.1) is 0 Å². The number of carbonyl (C=O) groups is 3. The Morgan fingerprint density at radius 1 is 0.971 bits per heavy atom. The molecule has 3 N–H and O–H groups in total. The molecule has 2 amide bonds. The van der Waals surface area contributed by atoms with Gasteiger partial charge in [0.05, 0.1) is 11.3 Å². The maximum Gasteiger partial charge on any atom is 0.407 e. The lowest BCUT2D eigenvalue weighted by molar-refractivity contribution is -0.111. The zero-order valence-corrected chi connectivity index (χ0v) is 18.0. The highest BCUT2D eigenvalue weighted by Crippen LogP contribution is 2.44. The van der Waals surface area contributed by atoms with Gasteiger partial charge in [0, 0.05) is 18.5 Å². The molecule has 1 aliphatic carbocycles. The van der Waals surface area contributed by atoms with Gasteiger partial charge < -0.3 is 20.5 Å². The Kier molecular flexibility index (Phi) is 6.68. The summed E-state index contributed by atoms with van der Waals surface area (Å²) in [5.74, 6) is -2.70. The van der Waals surface area contributed by atoms with Crippen LogP contribution in [0, 0.1) is 5.82 Å². The number of nitrogens with one attached hydrogen (secondary N) is 2. The Bertz CT molecular complexity index is 1240. The van der Waals surface area contributed by atoms with E-state index in [1.54, 1.807) is 0 Å². The minimum Gasteiger partial charge on any atom is -0.478 e. The van der Waals surface area contributed by atoms with E-state index in [0.717, 1.165) is 46.5 Å². The van der Waals surface area contributed by atoms with Gasteiger partial charge in [0.25, 0.3) is 0 Å². The van der Waals surface area contributed by atoms with Crippen LogP contribution in [-0.2, 0) is 9.53 Å². The quantitative estimate of drug-likeness (QED) is 0.449. The molecule has 4 rings (SSSR count). The number of carbonyl (C=O) groups excluding carboxylic acids is 2. The third-order valence-corrected chi connectivity index (χ3v) is 5.45. The smallest absolute Gasteiger partial charge is 0.407 e. The predicted octanol–water partition coefficient (Wildman–Crippen LogP) is 4.56. The molecule has 0 unspecified atom stereocenters. The van der Waals surface area contributed by atoms with E-state index >= 15 is 0 Å². The number of benzene rings is 3. The van der Waals surface area contributed by atoms with Crippen molar-refractivity contribution in [2.75, 3.05) is 18.5 Å². The first-order valence-corrected chi connectivity index (χ1v) is 10.5. The summed E-state index contributed by atoms with van der Waals surface area (Å²) in [7, 11) is 0. The van der Waals surface area contributed by atoms with Crippen LogP contribution < -0.4 is 10.6 Å². The Morgan fingerprint density at radius 2 is 1.62 bits per heavy atom. The van der Waals surface area contributed by atoms with Crippen LogP contribution in [0.2, 0.25) is 0 Å². The molecule has 0 saturated carbocycles. The van der Waals surface area contributed by atoms with E-state index in [2.05, 4.69) is 10.6 Å². The Morgan fingerprint density at radius 3 is 2.26 bits per heavy atom. The van der Waals surface area contributed by atoms with E-state index in [1.165, 1.54) is 6.08 Å². The van der Waals surface area contributed by atoms with Crippen LogP contribution in [0.3, 0.4) is 0 Å². The van der Waals surface area contributed by atoms with E-state index < -0.39 is 23.8 Å². The zero-order chi connectivity index (χ0) is 24.1. The minimum absolute atomic E-state index is 0.0129. The summed E-state index contributed by atoms with van der Waals surface area (Å²) < 4.78 is 18.8. The van der Waals surface area contributed by atoms with Gasteiger partial charge in [-0.3, -0.25) is 4.79 Å². The Hall–Kier alpha value is -4.46. The fraction of sp³-hybridized carbons (Fsp3) is 0.115. The summed E-state index contributed by atoms with van der Waals surface area (Å²) in [6.07, 6.45) is 1.85. The van der Waals surface area contributed by atoms with Crippen LogP contribution in [0.25, 0.3) is 11.1 Å². The van der Waals surface area contributed by atoms with Gasteiger partial charge in [-0.1, -0.05) is 54.6 Å². The number of hydrogen-bond donors (Lipinski definition) is 3. The van der Waals surface area contributed by atoms with Gasteiger partial charge in [0.2, 0.25) is 5.91 Å². The first-order valence-electron chi connectivity index (χ1n) is 10.5. The molecular weight excluding hydrogens is 439 g/mol. The number of anilines is 1. The molecule has 0 aromatic heterocycles. The van der Waals surface area contributed by atoms with Crippen molar-refractivity contribution in [1.82, 2.24) is 5.32 Å². The number of alkyl carbamates (subject to hydrolysis) is 1. The normalized spacial score (nSPS) is 12.1. The van der Waals surface area contributed by atoms with Crippen LogP contribution >= 0.6 is 0 Å². The molecule has 0 atom stereocenters. The van der Waals surface area contributed by atoms with Gasteiger partial charge in [-0.05, 0) is 40.5 Å². The van der Waals surface area contributed by atoms with Crippen molar-refractivity contribution in [3.8, 4) is 11.1 Å². The molecule has 0 radical (unpaired) electrons. The number of hydrogen-bond acceptors (Lipinski definition) is 4. The second kappa shape index (κ2) is 9.99. The van der Waals surface area contributed by atoms with Crippen molar-refractivity contribution < 1.29 is 28.6 Å². The topological polar surface area (TPSA) is 105 Å². The zero-order valence-electron chi connectivity index (χ0n) is 18.0. The van der Waals surface area contributed by atoms with Gasteiger partial charge in [0.1, 0.15) is 12.4 Å². The van der Waals surface area contributed by atoms with Crippen LogP contribution in [0.4, 0.5) is 14.9 Å². The lowest BCUT2D eigenvalue weighted by Gasteiger charge is -2.14. The lowest BCUT2D eigenvalue weighted by Crippen LogP contribution is -2.26. The Labute approximate surface area is 194 Å². The number of halogens is 1. The number of ether oxygens (including phenoxy) is 1. The number of aromatic carboxylic acids is 1. The third kappa shape index (κ3) is 4.96. The molecule has 0 spiro atoms. The molecule has 0 aliphatic heterocycles. The Balaban J connectivity index is 1.28. The van der Waals surface area contributed by atoms with Crippen LogP contribution in [0.15, 0.2) is 78.9 Å². The van der Waals surface area contributed by atoms with E-state index in [4.69, 9.17) is 9.84 Å². The summed E-state index contributed by atoms with van der Waals surface area (Å²) >= 11 is 0. The summed E-state index contributed by atoms with van der Waals surface area (Å²) in [6.45, 7) is 0.181. The van der Waals surface area contributed by atoms with Crippen molar-refractivity contribution in [1.29, 1.82) is 0 Å². The van der Waals surface area contributed by atoms with Gasteiger partial charge in [0.15, 0.2) is 0 Å². The van der Waals surface area contributed by atoms with Crippen LogP contribution in [0.1, 0.15) is 27.4 Å². The first kappa shape index (κ1) is 22.7. The molecule has 0 bridgehead atoms. The molecule has 3 aromatic carbocycles. The molecule has 172 valence electrons. The van der Waals surface area contributed by atoms with Crippen molar-refractivity contribution in [2.24, 2.45) is 0 Å². The van der Waals surface area contributed by atoms with Crippen molar-refractivity contribution in [3.05, 3.63) is 101 Å². The number of amides is 2. The number of rotatable bonds is 7. The summed E-state index contributed by atoms with van der Waals surface area (Å²) in [4.78, 5) is 35.4. The largest absolute Gasteiger partial charge is 0.478 e. The summed E-state index contributed by atoms with van der Waals surface area (Å²) in [5.41, 5.74) is 4.07. The third-order valence-electron chi connectivity index (χ3n) is 5.45. The van der Waals surface area contributed by atoms with E-state index in [9.17, 15) is 18.8 Å². The maximum atomic E-state index is 13.4. The summed E-state index contributed by atoms with van der Waals surface area (Å²) in [5, 5.41) is 14.0. The molecule has 0 heterocycles. The molecule has 7 nitrogen and oxygen atoms in total. The first-order chi connectivity index (χ1) is 16.4. The molecule has 8 heteroatoms. The molecule has 34 heavy (non-hydrogen) atoms. The number of carboxylic acids is 1. The highest BCUT2D eigenvalue weighted by atomic mass is 19.1. The SMILES string of the molecule is O=C(/C=C/CNC(=O)OCC1c2ccccc2-c2ccccc21)Nc1cc(F)ccc1C(=O)O. The standard InChI is InChI=1S/C26H21FN2O5/c27-16-11-12-21(25(31)32)23(14-16)29-24(30)10-5-13-28-26(33)34-15-22-19-8-3-1-6-17(19)18-7-2-4-9-20(18)22/h1-12,14,22H,13,15H2,(H,28,33)(H,29,30)(H,31,32)/b10-5+. The summed E-state index contributed by atoms with van der Waals surface area (Å²) in [6, 6.07) is 19.0. The molecule has 0 saturated heterocycles. The monoisotopic (exact) mass is 460 g/mol. The molecule has 3 aromatic rings. The molecular formula is C26H21FN2O5. The fourth-order valence-corrected chi connectivity index (χ4v) is 3.94. The van der Waals surface area contributed by atoms with E-state index in [1.807, 2.05) is 48.5 Å². The van der Waals surface area contributed by atoms with Crippen molar-refractivity contribution in [2.45, 2.75) is 5.92 Å². The molecule has 0 fully saturated rings. The molecule has 1 aliphatic rings. The lowest BCUT2D eigenvalue weighted by atomic mass is 9.98. The van der Waals surface area contributed by atoms with Gasteiger partial charge >= 0.3 is 12.1 Å². The number of carboxylic acid groups (broad SMARTS) is 1. The highest BCUT2D eigenvalue weighted by Gasteiger charge is 2.28. The average Bonchev–Trinajstić information content (AvgIpc) is 3.14. The van der Waals surface area contributed by atoms with Crippen molar-refractivity contribution >= 4 is 23.7 Å². The maximum absolute atomic E-state index is 13.4. The van der Waals surface area contributed by atoms with E-state index in [0.29, 0.717) is 0 Å². The highest BCUT2D eigenvalue weighted by molar-refractivity contribution is 6.04. The predicted molar refractivity (Wildman–Crippen MR) is 124 cm³/mol. The van der Waals surface area contributed by atoms with Crippen LogP contribution in [-0.4, -0.2) is 36.2 Å².